The third-order valence-corrected chi connectivity index (χ3v) is 5.93. The third kappa shape index (κ3) is 3.61. The van der Waals surface area contributed by atoms with E-state index in [0.29, 0.717) is 18.4 Å². The first-order valence-electron chi connectivity index (χ1n) is 9.52. The minimum absolute atomic E-state index is 0.0862. The molecule has 1 aromatic heterocycles. The van der Waals surface area contributed by atoms with E-state index in [2.05, 4.69) is 10.3 Å². The summed E-state index contributed by atoms with van der Waals surface area (Å²) in [5.74, 6) is 0.678. The predicted octanol–water partition coefficient (Wildman–Crippen LogP) is 2.91. The van der Waals surface area contributed by atoms with Gasteiger partial charge in [0.05, 0.1) is 0 Å². The molecule has 3 aliphatic rings. The minimum atomic E-state index is -2.70. The van der Waals surface area contributed by atoms with Crippen LogP contribution in [0.1, 0.15) is 37.7 Å². The molecule has 3 heterocycles. The Morgan fingerprint density at radius 2 is 2.07 bits per heavy atom. The average Bonchev–Trinajstić information content (AvgIpc) is 3.05. The van der Waals surface area contributed by atoms with Gasteiger partial charge in [0.2, 0.25) is 5.91 Å². The number of nitrogens with one attached hydrogen (secondary N) is 1. The predicted molar refractivity (Wildman–Crippen MR) is 93.6 cm³/mol. The van der Waals surface area contributed by atoms with Crippen LogP contribution in [-0.2, 0) is 16.0 Å². The van der Waals surface area contributed by atoms with Crippen molar-refractivity contribution >= 4 is 17.8 Å². The number of halogens is 2. The highest BCUT2D eigenvalue weighted by atomic mass is 19.3. The van der Waals surface area contributed by atoms with Gasteiger partial charge < -0.3 is 10.1 Å². The number of hydrogen-bond donors (Lipinski definition) is 1. The van der Waals surface area contributed by atoms with Gasteiger partial charge in [-0.2, -0.15) is 0 Å². The number of hydrogen-bond acceptors (Lipinski definition) is 4. The number of fused-ring (bicyclic) bond motifs is 1. The lowest BCUT2D eigenvalue weighted by Gasteiger charge is -2.39. The molecule has 1 aliphatic carbocycles. The zero-order valence-electron chi connectivity index (χ0n) is 14.9. The average molecular weight is 379 g/mol. The van der Waals surface area contributed by atoms with Crippen LogP contribution in [0.25, 0.3) is 0 Å². The summed E-state index contributed by atoms with van der Waals surface area (Å²) in [5.41, 5.74) is 0.856. The molecule has 4 atom stereocenters. The number of rotatable bonds is 4. The van der Waals surface area contributed by atoms with E-state index in [1.54, 1.807) is 18.3 Å². The monoisotopic (exact) mass is 379 g/mol. The molecule has 2 amide bonds. The fraction of sp³-hybridized carbons (Fsp3) is 0.632. The third-order valence-electron chi connectivity index (χ3n) is 5.93. The van der Waals surface area contributed by atoms with Crippen molar-refractivity contribution in [3.63, 3.8) is 0 Å². The van der Waals surface area contributed by atoms with Gasteiger partial charge in [-0.25, -0.2) is 23.5 Å². The van der Waals surface area contributed by atoms with Crippen LogP contribution in [0, 0.1) is 11.8 Å². The summed E-state index contributed by atoms with van der Waals surface area (Å²) < 4.78 is 30.9. The lowest BCUT2D eigenvalue weighted by atomic mass is 9.74. The lowest BCUT2D eigenvalue weighted by molar-refractivity contribution is -0.129. The zero-order chi connectivity index (χ0) is 19.0. The molecule has 3 unspecified atom stereocenters. The van der Waals surface area contributed by atoms with Crippen LogP contribution in [-0.4, -0.2) is 42.1 Å². The van der Waals surface area contributed by atoms with Gasteiger partial charge in [0.25, 0.3) is 6.43 Å². The van der Waals surface area contributed by atoms with E-state index in [1.165, 1.54) is 12.8 Å². The quantitative estimate of drug-likeness (QED) is 0.873. The van der Waals surface area contributed by atoms with Crippen LogP contribution in [0.4, 0.5) is 19.4 Å². The minimum Gasteiger partial charge on any atom is -0.447 e. The van der Waals surface area contributed by atoms with Gasteiger partial charge in [-0.1, -0.05) is 18.9 Å². The smallest absolute Gasteiger partial charge is 0.416 e. The second-order valence-corrected chi connectivity index (χ2v) is 7.67. The normalized spacial score (nSPS) is 30.9. The van der Waals surface area contributed by atoms with Gasteiger partial charge in [0.15, 0.2) is 0 Å². The van der Waals surface area contributed by atoms with Crippen molar-refractivity contribution in [2.24, 2.45) is 11.8 Å². The summed E-state index contributed by atoms with van der Waals surface area (Å²) in [7, 11) is 0. The molecule has 1 saturated carbocycles. The van der Waals surface area contributed by atoms with Crippen molar-refractivity contribution < 1.29 is 23.1 Å². The maximum absolute atomic E-state index is 13.1. The maximum atomic E-state index is 13.1. The molecule has 0 spiro atoms. The summed E-state index contributed by atoms with van der Waals surface area (Å²) in [6.45, 7) is -0.343. The van der Waals surface area contributed by atoms with Crippen molar-refractivity contribution in [3.05, 3.63) is 23.9 Å². The Hall–Kier alpha value is -2.25. The molecule has 4 rings (SSSR count). The first-order valence-corrected chi connectivity index (χ1v) is 9.52. The summed E-state index contributed by atoms with van der Waals surface area (Å²) in [4.78, 5) is 29.2. The fourth-order valence-electron chi connectivity index (χ4n) is 4.48. The van der Waals surface area contributed by atoms with E-state index in [0.717, 1.165) is 29.7 Å². The van der Waals surface area contributed by atoms with E-state index < -0.39 is 18.6 Å². The Bertz CT molecular complexity index is 713. The Labute approximate surface area is 156 Å². The van der Waals surface area contributed by atoms with Crippen molar-refractivity contribution in [2.45, 2.75) is 57.0 Å². The lowest BCUT2D eigenvalue weighted by Crippen LogP contribution is -2.51. The largest absolute Gasteiger partial charge is 0.447 e. The summed E-state index contributed by atoms with van der Waals surface area (Å²) in [5, 5.41) is 3.16. The maximum Gasteiger partial charge on any atom is 0.416 e. The number of nitrogens with zero attached hydrogens (tertiary/aromatic N) is 2. The molecule has 1 aromatic rings. The number of alkyl halides is 2. The first kappa shape index (κ1) is 18.1. The highest BCUT2D eigenvalue weighted by Crippen LogP contribution is 2.34. The molecule has 2 saturated heterocycles. The molecular formula is C19H23F2N3O3. The fourth-order valence-corrected chi connectivity index (χ4v) is 4.48. The summed E-state index contributed by atoms with van der Waals surface area (Å²) in [6, 6.07) is 2.29. The standard InChI is InChI=1S/C19H23F2N3O3/c20-17(21)15-10-27-19(26)24(15)16-6-5-11(9-22-16)7-13-8-12-3-1-2-4-14(12)23-18(13)25/h5-6,9,12-15,17H,1-4,7-8,10H2,(H,23,25)/t12?,13?,14?,15-/m0/s1. The van der Waals surface area contributed by atoms with E-state index in [9.17, 15) is 18.4 Å². The van der Waals surface area contributed by atoms with Crippen LogP contribution in [0.15, 0.2) is 18.3 Å². The zero-order valence-corrected chi connectivity index (χ0v) is 14.9. The number of anilines is 1. The van der Waals surface area contributed by atoms with Crippen LogP contribution in [0.5, 0.6) is 0 Å². The molecule has 0 radical (unpaired) electrons. The van der Waals surface area contributed by atoms with Gasteiger partial charge in [0, 0.05) is 18.2 Å². The first-order chi connectivity index (χ1) is 13.0. The number of ether oxygens (including phenoxy) is 1. The topological polar surface area (TPSA) is 71.5 Å². The number of carbonyl (C=O) groups excluding carboxylic acids is 2. The number of pyridine rings is 1. The molecule has 27 heavy (non-hydrogen) atoms. The van der Waals surface area contributed by atoms with E-state index >= 15 is 0 Å². The Morgan fingerprint density at radius 1 is 1.26 bits per heavy atom. The second-order valence-electron chi connectivity index (χ2n) is 7.67. The molecule has 8 heteroatoms. The Balaban J connectivity index is 1.43. The summed E-state index contributed by atoms with van der Waals surface area (Å²) in [6.07, 6.45) is 4.11. The Morgan fingerprint density at radius 3 is 2.81 bits per heavy atom. The van der Waals surface area contributed by atoms with Gasteiger partial charge >= 0.3 is 6.09 Å². The number of piperidine rings is 1. The van der Waals surface area contributed by atoms with Crippen LogP contribution >= 0.6 is 0 Å². The number of cyclic esters (lactones) is 1. The van der Waals surface area contributed by atoms with E-state index in [1.807, 2.05) is 0 Å². The molecule has 1 N–H and O–H groups in total. The van der Waals surface area contributed by atoms with E-state index in [4.69, 9.17) is 4.74 Å². The van der Waals surface area contributed by atoms with Gasteiger partial charge in [-0.3, -0.25) is 4.79 Å². The molecule has 0 aromatic carbocycles. The van der Waals surface area contributed by atoms with Crippen molar-refractivity contribution in [2.75, 3.05) is 11.5 Å². The van der Waals surface area contributed by atoms with Crippen LogP contribution in [0.2, 0.25) is 0 Å². The second kappa shape index (κ2) is 7.40. The summed E-state index contributed by atoms with van der Waals surface area (Å²) >= 11 is 0. The van der Waals surface area contributed by atoms with Gasteiger partial charge in [-0.05, 0) is 43.2 Å². The SMILES string of the molecule is O=C1NC2CCCCC2CC1Cc1ccc(N2C(=O)OC[C@H]2C(F)F)nc1. The molecule has 6 nitrogen and oxygen atoms in total. The number of aromatic nitrogens is 1. The number of amides is 2. The van der Waals surface area contributed by atoms with Crippen molar-refractivity contribution in [1.82, 2.24) is 10.3 Å². The van der Waals surface area contributed by atoms with E-state index in [-0.39, 0.29) is 24.2 Å². The molecule has 3 fully saturated rings. The Kier molecular flexibility index (Phi) is 4.97. The molecular weight excluding hydrogens is 356 g/mol. The van der Waals surface area contributed by atoms with Crippen LogP contribution < -0.4 is 10.2 Å². The molecule has 146 valence electrons. The van der Waals surface area contributed by atoms with Gasteiger partial charge in [-0.15, -0.1) is 0 Å². The van der Waals surface area contributed by atoms with Crippen molar-refractivity contribution in [3.8, 4) is 0 Å². The highest BCUT2D eigenvalue weighted by molar-refractivity contribution is 5.89. The highest BCUT2D eigenvalue weighted by Gasteiger charge is 2.41. The van der Waals surface area contributed by atoms with Crippen molar-refractivity contribution in [1.29, 1.82) is 0 Å². The molecule has 2 aliphatic heterocycles. The molecule has 0 bridgehead atoms. The van der Waals surface area contributed by atoms with Crippen LogP contribution in [0.3, 0.4) is 0 Å². The van der Waals surface area contributed by atoms with Gasteiger partial charge in [0.1, 0.15) is 18.5 Å². The number of carbonyl (C=O) groups is 2.